The van der Waals surface area contributed by atoms with Gasteiger partial charge in [0.2, 0.25) is 0 Å². The Kier molecular flexibility index (Phi) is 4.72. The Labute approximate surface area is 57.1 Å². The van der Waals surface area contributed by atoms with Crippen molar-refractivity contribution in [1.29, 1.82) is 0 Å². The molecule has 0 aliphatic rings. The van der Waals surface area contributed by atoms with Crippen LogP contribution in [0.5, 0.6) is 0 Å². The van der Waals surface area contributed by atoms with Crippen molar-refractivity contribution in [2.75, 3.05) is 13.2 Å². The molecule has 0 aromatic rings. The molecule has 0 fully saturated rings. The van der Waals surface area contributed by atoms with E-state index in [1.807, 2.05) is 0 Å². The second kappa shape index (κ2) is 4.77. The van der Waals surface area contributed by atoms with Gasteiger partial charge in [-0.3, -0.25) is 0 Å². The van der Waals surface area contributed by atoms with Crippen molar-refractivity contribution in [1.82, 2.24) is 0 Å². The molecule has 0 aromatic carbocycles. The molecule has 0 aliphatic carbocycles. The molecule has 0 heterocycles. The molecule has 0 rings (SSSR count). The first-order valence-electron chi connectivity index (χ1n) is 3.53. The van der Waals surface area contributed by atoms with E-state index in [-0.39, 0.29) is 6.61 Å². The van der Waals surface area contributed by atoms with Crippen molar-refractivity contribution in [3.8, 4) is 0 Å². The maximum absolute atomic E-state index is 8.77. The van der Waals surface area contributed by atoms with Crippen molar-refractivity contribution in [3.05, 3.63) is 0 Å². The van der Waals surface area contributed by atoms with Crippen LogP contribution >= 0.6 is 0 Å². The van der Waals surface area contributed by atoms with Gasteiger partial charge in [-0.15, -0.1) is 0 Å². The van der Waals surface area contributed by atoms with Gasteiger partial charge in [-0.1, -0.05) is 13.8 Å². The molecule has 0 radical (unpaired) electrons. The molecule has 0 aromatic heterocycles. The first-order chi connectivity index (χ1) is 4.22. The van der Waals surface area contributed by atoms with Crippen LogP contribution in [0.15, 0.2) is 0 Å². The Morgan fingerprint density at radius 2 is 2.00 bits per heavy atom. The minimum Gasteiger partial charge on any atom is -0.396 e. The van der Waals surface area contributed by atoms with E-state index in [1.165, 1.54) is 0 Å². The quantitative estimate of drug-likeness (QED) is 0.587. The maximum atomic E-state index is 8.77. The van der Waals surface area contributed by atoms with Crippen molar-refractivity contribution in [3.63, 3.8) is 0 Å². The van der Waals surface area contributed by atoms with Gasteiger partial charge in [0, 0.05) is 6.61 Å². The molecule has 0 saturated heterocycles. The van der Waals surface area contributed by atoms with Gasteiger partial charge in [0.05, 0.1) is 0 Å². The van der Waals surface area contributed by atoms with Gasteiger partial charge in [-0.2, -0.15) is 0 Å². The lowest BCUT2D eigenvalue weighted by molar-refractivity contribution is 0.183. The minimum atomic E-state index is 0.273. The van der Waals surface area contributed by atoms with Crippen molar-refractivity contribution in [2.24, 2.45) is 17.6 Å². The van der Waals surface area contributed by atoms with Crippen LogP contribution in [0.4, 0.5) is 0 Å². The standard InChI is InChI=1S/C7H17NO/c1-6(2)7(5-9)3-4-8/h6-7,9H,3-5,8H2,1-2H3. The predicted molar refractivity (Wildman–Crippen MR) is 39.1 cm³/mol. The number of aliphatic hydroxyl groups is 1. The largest absolute Gasteiger partial charge is 0.396 e. The summed E-state index contributed by atoms with van der Waals surface area (Å²) >= 11 is 0. The highest BCUT2D eigenvalue weighted by atomic mass is 16.3. The van der Waals surface area contributed by atoms with Gasteiger partial charge in [-0.05, 0) is 24.8 Å². The summed E-state index contributed by atoms with van der Waals surface area (Å²) in [6.45, 7) is 5.17. The Morgan fingerprint density at radius 1 is 1.44 bits per heavy atom. The highest BCUT2D eigenvalue weighted by Crippen LogP contribution is 2.12. The molecule has 1 unspecified atom stereocenters. The Morgan fingerprint density at radius 3 is 2.11 bits per heavy atom. The molecule has 56 valence electrons. The highest BCUT2D eigenvalue weighted by molar-refractivity contribution is 4.61. The maximum Gasteiger partial charge on any atom is 0.0462 e. The van der Waals surface area contributed by atoms with Gasteiger partial charge in [0.15, 0.2) is 0 Å². The summed E-state index contributed by atoms with van der Waals surface area (Å²) in [6, 6.07) is 0. The molecular formula is C7H17NO. The summed E-state index contributed by atoms with van der Waals surface area (Å²) in [4.78, 5) is 0. The van der Waals surface area contributed by atoms with Crippen molar-refractivity contribution < 1.29 is 5.11 Å². The molecule has 3 N–H and O–H groups in total. The third-order valence-electron chi connectivity index (χ3n) is 1.71. The zero-order chi connectivity index (χ0) is 7.28. The Hall–Kier alpha value is -0.0800. The normalized spacial score (nSPS) is 14.3. The SMILES string of the molecule is CC(C)C(CO)CCN. The van der Waals surface area contributed by atoms with E-state index in [9.17, 15) is 0 Å². The van der Waals surface area contributed by atoms with E-state index < -0.39 is 0 Å². The fourth-order valence-electron chi connectivity index (χ4n) is 0.850. The predicted octanol–water partition coefficient (Wildman–Crippen LogP) is 0.600. The number of nitrogens with two attached hydrogens (primary N) is 1. The van der Waals surface area contributed by atoms with Gasteiger partial charge in [-0.25, -0.2) is 0 Å². The number of hydrogen-bond donors (Lipinski definition) is 2. The molecule has 0 saturated carbocycles. The van der Waals surface area contributed by atoms with Crippen LogP contribution in [-0.4, -0.2) is 18.3 Å². The topological polar surface area (TPSA) is 46.2 Å². The first-order valence-corrected chi connectivity index (χ1v) is 3.53. The van der Waals surface area contributed by atoms with Gasteiger partial charge in [0.25, 0.3) is 0 Å². The average Bonchev–Trinajstić information content (AvgIpc) is 1.82. The molecule has 0 bridgehead atoms. The average molecular weight is 131 g/mol. The third kappa shape index (κ3) is 3.49. The van der Waals surface area contributed by atoms with Crippen molar-refractivity contribution in [2.45, 2.75) is 20.3 Å². The summed E-state index contributed by atoms with van der Waals surface area (Å²) in [5.41, 5.74) is 5.33. The molecule has 0 amide bonds. The molecule has 2 nitrogen and oxygen atoms in total. The third-order valence-corrected chi connectivity index (χ3v) is 1.71. The van der Waals surface area contributed by atoms with E-state index in [0.717, 1.165) is 6.42 Å². The molecule has 2 heteroatoms. The number of hydrogen-bond acceptors (Lipinski definition) is 2. The van der Waals surface area contributed by atoms with Crippen LogP contribution < -0.4 is 5.73 Å². The second-order valence-electron chi connectivity index (χ2n) is 2.76. The van der Waals surface area contributed by atoms with Gasteiger partial charge in [0.1, 0.15) is 0 Å². The zero-order valence-corrected chi connectivity index (χ0v) is 6.30. The van der Waals surface area contributed by atoms with Crippen LogP contribution in [0, 0.1) is 11.8 Å². The van der Waals surface area contributed by atoms with Gasteiger partial charge >= 0.3 is 0 Å². The van der Waals surface area contributed by atoms with Crippen molar-refractivity contribution >= 4 is 0 Å². The van der Waals surface area contributed by atoms with Crippen LogP contribution in [0.2, 0.25) is 0 Å². The number of rotatable bonds is 4. The van der Waals surface area contributed by atoms with Crippen LogP contribution in [-0.2, 0) is 0 Å². The molecule has 0 spiro atoms. The molecule has 9 heavy (non-hydrogen) atoms. The summed E-state index contributed by atoms with van der Waals surface area (Å²) < 4.78 is 0. The monoisotopic (exact) mass is 131 g/mol. The Balaban J connectivity index is 3.41. The van der Waals surface area contributed by atoms with Gasteiger partial charge < -0.3 is 10.8 Å². The van der Waals surface area contributed by atoms with Crippen LogP contribution in [0.3, 0.4) is 0 Å². The second-order valence-corrected chi connectivity index (χ2v) is 2.76. The fraction of sp³-hybridized carbons (Fsp3) is 1.00. The lowest BCUT2D eigenvalue weighted by atomic mass is 9.94. The zero-order valence-electron chi connectivity index (χ0n) is 6.30. The van der Waals surface area contributed by atoms with Crippen LogP contribution in [0.1, 0.15) is 20.3 Å². The molecule has 0 aliphatic heterocycles. The summed E-state index contributed by atoms with van der Waals surface area (Å²) in [5, 5.41) is 8.77. The van der Waals surface area contributed by atoms with Crippen LogP contribution in [0.25, 0.3) is 0 Å². The summed E-state index contributed by atoms with van der Waals surface area (Å²) in [7, 11) is 0. The lowest BCUT2D eigenvalue weighted by Gasteiger charge is -2.16. The number of aliphatic hydroxyl groups excluding tert-OH is 1. The smallest absolute Gasteiger partial charge is 0.0462 e. The van der Waals surface area contributed by atoms with E-state index in [4.69, 9.17) is 10.8 Å². The molecule has 1 atom stereocenters. The lowest BCUT2D eigenvalue weighted by Crippen LogP contribution is -2.17. The molecular weight excluding hydrogens is 114 g/mol. The minimum absolute atomic E-state index is 0.273. The summed E-state index contributed by atoms with van der Waals surface area (Å²) in [6.07, 6.45) is 0.939. The highest BCUT2D eigenvalue weighted by Gasteiger charge is 2.09. The van der Waals surface area contributed by atoms with E-state index in [1.54, 1.807) is 0 Å². The first kappa shape index (κ1) is 8.92. The summed E-state index contributed by atoms with van der Waals surface area (Å²) in [5.74, 6) is 0.952. The fourth-order valence-corrected chi connectivity index (χ4v) is 0.850. The van der Waals surface area contributed by atoms with E-state index in [2.05, 4.69) is 13.8 Å². The van der Waals surface area contributed by atoms with E-state index in [0.29, 0.717) is 18.4 Å². The van der Waals surface area contributed by atoms with E-state index >= 15 is 0 Å². The Bertz CT molecular complexity index is 63.9.